The molecule has 3 N–H and O–H groups in total. The number of hydrogen-bond donors (Lipinski definition) is 3. The number of rotatable bonds is 7. The molecule has 0 spiro atoms. The molecule has 2 aliphatic heterocycles. The van der Waals surface area contributed by atoms with E-state index < -0.39 is 5.54 Å². The van der Waals surface area contributed by atoms with E-state index in [0.29, 0.717) is 34.7 Å². The second-order valence-electron chi connectivity index (χ2n) is 9.94. The number of carbonyl (C=O) groups is 2. The van der Waals surface area contributed by atoms with E-state index in [-0.39, 0.29) is 11.8 Å². The molecule has 2 heterocycles. The first-order valence-corrected chi connectivity index (χ1v) is 14.2. The van der Waals surface area contributed by atoms with E-state index in [1.165, 1.54) is 0 Å². The van der Waals surface area contributed by atoms with Crippen LogP contribution in [0.1, 0.15) is 36.5 Å². The summed E-state index contributed by atoms with van der Waals surface area (Å²) in [7, 11) is 0. The molecular weight excluding hydrogens is 587 g/mol. The Bertz CT molecular complexity index is 1380. The Balaban J connectivity index is 1.45. The number of nitrogens with zero attached hydrogens (tertiary/aromatic N) is 1. The summed E-state index contributed by atoms with van der Waals surface area (Å²) in [5.74, 6) is -0.0190. The lowest BCUT2D eigenvalue weighted by atomic mass is 9.84. The molecule has 2 amide bonds. The Morgan fingerprint density at radius 1 is 1.08 bits per heavy atom. The van der Waals surface area contributed by atoms with Crippen LogP contribution in [0.3, 0.4) is 0 Å². The maximum atomic E-state index is 13.7. The smallest absolute Gasteiger partial charge is 0.255 e. The number of nitrogens with one attached hydrogen (secondary N) is 3. The monoisotopic (exact) mass is 614 g/mol. The number of anilines is 2. The first-order valence-electron chi connectivity index (χ1n) is 12.6. The normalized spacial score (nSPS) is 19.3. The third kappa shape index (κ3) is 5.71. The fraction of sp³-hybridized carbons (Fsp3) is 0.310. The van der Waals surface area contributed by atoms with Crippen molar-refractivity contribution in [1.29, 1.82) is 0 Å². The van der Waals surface area contributed by atoms with Gasteiger partial charge in [0, 0.05) is 70.5 Å². The van der Waals surface area contributed by atoms with Gasteiger partial charge in [0.25, 0.3) is 5.91 Å². The van der Waals surface area contributed by atoms with Crippen molar-refractivity contribution in [3.63, 3.8) is 0 Å². The van der Waals surface area contributed by atoms with Gasteiger partial charge in [-0.05, 0) is 60.4 Å². The first kappa shape index (κ1) is 27.0. The second-order valence-corrected chi connectivity index (χ2v) is 11.7. The highest BCUT2D eigenvalue weighted by Crippen LogP contribution is 2.43. The Hall–Kier alpha value is -2.58. The van der Waals surface area contributed by atoms with E-state index in [2.05, 4.69) is 37.9 Å². The van der Waals surface area contributed by atoms with Gasteiger partial charge in [-0.25, -0.2) is 0 Å². The van der Waals surface area contributed by atoms with Gasteiger partial charge in [0.05, 0.1) is 0 Å². The van der Waals surface area contributed by atoms with Gasteiger partial charge >= 0.3 is 0 Å². The number of halogens is 3. The largest absolute Gasteiger partial charge is 0.367 e. The Labute approximate surface area is 241 Å². The van der Waals surface area contributed by atoms with Gasteiger partial charge in [0.1, 0.15) is 5.54 Å². The molecule has 3 aromatic rings. The Morgan fingerprint density at radius 3 is 2.58 bits per heavy atom. The molecular formula is C29H29BrCl2N4O2. The molecule has 38 heavy (non-hydrogen) atoms. The summed E-state index contributed by atoms with van der Waals surface area (Å²) in [6.07, 6.45) is 2.22. The average Bonchev–Trinajstić information content (AvgIpc) is 3.13. The molecule has 1 saturated heterocycles. The third-order valence-corrected chi connectivity index (χ3v) is 8.34. The van der Waals surface area contributed by atoms with E-state index in [4.69, 9.17) is 23.2 Å². The fourth-order valence-electron chi connectivity index (χ4n) is 5.34. The van der Waals surface area contributed by atoms with Crippen LogP contribution in [-0.2, 0) is 28.1 Å². The minimum atomic E-state index is -1.06. The van der Waals surface area contributed by atoms with Crippen molar-refractivity contribution >= 4 is 62.3 Å². The van der Waals surface area contributed by atoms with Crippen molar-refractivity contribution < 1.29 is 9.59 Å². The number of carbonyl (C=O) groups excluding carboxylic acids is 2. The highest BCUT2D eigenvalue weighted by atomic mass is 79.9. The molecule has 5 rings (SSSR count). The van der Waals surface area contributed by atoms with Crippen molar-refractivity contribution in [2.75, 3.05) is 23.7 Å². The molecule has 0 bridgehead atoms. The number of benzene rings is 3. The second kappa shape index (κ2) is 11.3. The van der Waals surface area contributed by atoms with Gasteiger partial charge in [-0.15, -0.1) is 0 Å². The van der Waals surface area contributed by atoms with Crippen LogP contribution in [0.4, 0.5) is 11.4 Å². The zero-order valence-electron chi connectivity index (χ0n) is 21.0. The van der Waals surface area contributed by atoms with Crippen LogP contribution in [-0.4, -0.2) is 35.8 Å². The van der Waals surface area contributed by atoms with Gasteiger partial charge in [0.2, 0.25) is 5.91 Å². The topological polar surface area (TPSA) is 73.5 Å². The van der Waals surface area contributed by atoms with E-state index in [1.807, 2.05) is 53.4 Å². The fourth-order valence-corrected chi connectivity index (χ4v) is 6.09. The van der Waals surface area contributed by atoms with E-state index in [9.17, 15) is 9.59 Å². The molecule has 1 fully saturated rings. The Kier molecular flexibility index (Phi) is 8.00. The van der Waals surface area contributed by atoms with Crippen LogP contribution in [0.2, 0.25) is 10.0 Å². The van der Waals surface area contributed by atoms with Gasteiger partial charge in [0.15, 0.2) is 0 Å². The first-order chi connectivity index (χ1) is 18.2. The molecule has 1 unspecified atom stereocenters. The summed E-state index contributed by atoms with van der Waals surface area (Å²) >= 11 is 16.2. The van der Waals surface area contributed by atoms with Crippen LogP contribution in [0, 0.1) is 0 Å². The van der Waals surface area contributed by atoms with Crippen molar-refractivity contribution in [2.24, 2.45) is 0 Å². The van der Waals surface area contributed by atoms with Crippen LogP contribution in [0.15, 0.2) is 65.1 Å². The third-order valence-electron chi connectivity index (χ3n) is 7.38. The molecule has 9 heteroatoms. The van der Waals surface area contributed by atoms with E-state index in [0.717, 1.165) is 52.8 Å². The van der Waals surface area contributed by atoms with Crippen molar-refractivity contribution in [3.8, 4) is 0 Å². The van der Waals surface area contributed by atoms with Gasteiger partial charge < -0.3 is 20.9 Å². The lowest BCUT2D eigenvalue weighted by Gasteiger charge is -2.33. The van der Waals surface area contributed by atoms with Crippen LogP contribution in [0.25, 0.3) is 0 Å². The lowest BCUT2D eigenvalue weighted by Crippen LogP contribution is -2.45. The highest BCUT2D eigenvalue weighted by Gasteiger charge is 2.47. The summed E-state index contributed by atoms with van der Waals surface area (Å²) in [6, 6.07) is 19.5. The predicted molar refractivity (Wildman–Crippen MR) is 157 cm³/mol. The lowest BCUT2D eigenvalue weighted by molar-refractivity contribution is -0.129. The van der Waals surface area contributed by atoms with Crippen LogP contribution < -0.4 is 16.0 Å². The number of fused-ring (bicyclic) bond motifs is 1. The quantitative estimate of drug-likeness (QED) is 0.289. The van der Waals surface area contributed by atoms with Gasteiger partial charge in [-0.1, -0.05) is 63.4 Å². The standard InChI is InChI=1S/C29H29BrCl2N4O2/c1-18(37)36-11-9-24(10-12-36)33-17-20-5-6-21(30)14-26(20)35-29(16-19-3-2-4-22(31)13-19)25-8-7-23(32)15-27(25)34-28(29)38/h2-8,13-15,24,33,35H,9-12,16-17H2,1H3,(H,34,38). The minimum absolute atomic E-state index is 0.129. The van der Waals surface area contributed by atoms with Gasteiger partial charge in [-0.3, -0.25) is 9.59 Å². The van der Waals surface area contributed by atoms with Crippen molar-refractivity contribution in [1.82, 2.24) is 10.2 Å². The molecule has 198 valence electrons. The maximum absolute atomic E-state index is 13.7. The number of likely N-dealkylation sites (tertiary alicyclic amines) is 1. The molecule has 6 nitrogen and oxygen atoms in total. The van der Waals surface area contributed by atoms with Crippen molar-refractivity contribution in [3.05, 3.63) is 91.9 Å². The SMILES string of the molecule is CC(=O)N1CCC(NCc2ccc(Br)cc2NC2(Cc3cccc(Cl)c3)C(=O)Nc3cc(Cl)ccc32)CC1. The van der Waals surface area contributed by atoms with E-state index in [1.54, 1.807) is 13.0 Å². The molecule has 3 aromatic carbocycles. The summed E-state index contributed by atoms with van der Waals surface area (Å²) < 4.78 is 0.908. The molecule has 0 aliphatic carbocycles. The minimum Gasteiger partial charge on any atom is -0.367 e. The van der Waals surface area contributed by atoms with Crippen LogP contribution in [0.5, 0.6) is 0 Å². The molecule has 1 atom stereocenters. The zero-order valence-corrected chi connectivity index (χ0v) is 24.1. The van der Waals surface area contributed by atoms with Crippen LogP contribution >= 0.6 is 39.1 Å². The molecule has 0 radical (unpaired) electrons. The maximum Gasteiger partial charge on any atom is 0.255 e. The zero-order chi connectivity index (χ0) is 26.9. The Morgan fingerprint density at radius 2 is 1.84 bits per heavy atom. The average molecular weight is 616 g/mol. The summed E-state index contributed by atoms with van der Waals surface area (Å²) in [6.45, 7) is 3.78. The molecule has 0 saturated carbocycles. The predicted octanol–water partition coefficient (Wildman–Crippen LogP) is 6.36. The number of amides is 2. The number of piperidine rings is 1. The molecule has 0 aromatic heterocycles. The van der Waals surface area contributed by atoms with Gasteiger partial charge in [-0.2, -0.15) is 0 Å². The summed E-state index contributed by atoms with van der Waals surface area (Å²) in [5.41, 5.74) is 3.31. The highest BCUT2D eigenvalue weighted by molar-refractivity contribution is 9.10. The molecule has 2 aliphatic rings. The summed E-state index contributed by atoms with van der Waals surface area (Å²) in [4.78, 5) is 27.3. The van der Waals surface area contributed by atoms with E-state index >= 15 is 0 Å². The summed E-state index contributed by atoms with van der Waals surface area (Å²) in [5, 5.41) is 11.5. The van der Waals surface area contributed by atoms with Crippen molar-refractivity contribution in [2.45, 2.75) is 44.3 Å². The number of hydrogen-bond acceptors (Lipinski definition) is 4.